The SMILES string of the molecule is CC(=O)N[C@@H]1C(N=O)C=C(C(=O)O)[C@H]2OC(C)(C)O[C@H]21. The van der Waals surface area contributed by atoms with E-state index in [2.05, 4.69) is 10.5 Å². The predicted molar refractivity (Wildman–Crippen MR) is 66.7 cm³/mol. The normalized spacial score (nSPS) is 34.9. The van der Waals surface area contributed by atoms with E-state index in [1.54, 1.807) is 13.8 Å². The maximum Gasteiger partial charge on any atom is 0.334 e. The zero-order valence-electron chi connectivity index (χ0n) is 11.3. The highest BCUT2D eigenvalue weighted by molar-refractivity contribution is 5.88. The first-order chi connectivity index (χ1) is 9.25. The Hall–Kier alpha value is -1.80. The quantitative estimate of drug-likeness (QED) is 0.714. The van der Waals surface area contributed by atoms with E-state index in [0.29, 0.717) is 0 Å². The van der Waals surface area contributed by atoms with Crippen molar-refractivity contribution in [3.8, 4) is 0 Å². The fourth-order valence-electron chi connectivity index (χ4n) is 2.56. The summed E-state index contributed by atoms with van der Waals surface area (Å²) in [6.45, 7) is 4.58. The molecule has 0 aromatic heterocycles. The Morgan fingerprint density at radius 3 is 2.55 bits per heavy atom. The first-order valence-corrected chi connectivity index (χ1v) is 6.15. The highest BCUT2D eigenvalue weighted by Crippen LogP contribution is 2.38. The van der Waals surface area contributed by atoms with Crippen LogP contribution in [0.2, 0.25) is 0 Å². The first kappa shape index (κ1) is 14.6. The summed E-state index contributed by atoms with van der Waals surface area (Å²) in [7, 11) is 0. The van der Waals surface area contributed by atoms with Gasteiger partial charge in [-0.3, -0.25) is 4.79 Å². The van der Waals surface area contributed by atoms with Crippen molar-refractivity contribution in [1.82, 2.24) is 5.32 Å². The van der Waals surface area contributed by atoms with Gasteiger partial charge >= 0.3 is 5.97 Å². The van der Waals surface area contributed by atoms with Gasteiger partial charge in [-0.1, -0.05) is 5.18 Å². The van der Waals surface area contributed by atoms with Crippen LogP contribution in [-0.2, 0) is 19.1 Å². The second kappa shape index (κ2) is 4.95. The number of carbonyl (C=O) groups excluding carboxylic acids is 1. The number of carboxylic acid groups (broad SMARTS) is 1. The summed E-state index contributed by atoms with van der Waals surface area (Å²) in [6, 6.07) is -1.76. The van der Waals surface area contributed by atoms with Gasteiger partial charge in [-0.05, 0) is 19.9 Å². The zero-order valence-corrected chi connectivity index (χ0v) is 11.3. The highest BCUT2D eigenvalue weighted by atomic mass is 16.8. The van der Waals surface area contributed by atoms with Gasteiger partial charge in [-0.25, -0.2) is 4.79 Å². The molecule has 2 rings (SSSR count). The average molecular weight is 284 g/mol. The number of nitrogens with zero attached hydrogens (tertiary/aromatic N) is 1. The molecule has 110 valence electrons. The van der Waals surface area contributed by atoms with Crippen LogP contribution in [-0.4, -0.2) is 47.1 Å². The predicted octanol–water partition coefficient (Wildman–Crippen LogP) is 0.171. The standard InChI is InChI=1S/C12H16N2O6/c1-5(15)13-8-7(14-18)4-6(11(16)17)9-10(8)20-12(2,3)19-9/h4,7-10H,1-3H3,(H,13,15)(H,16,17)/t7?,8-,9-,10+/m1/s1. The summed E-state index contributed by atoms with van der Waals surface area (Å²) < 4.78 is 11.2. The number of hydrogen-bond donors (Lipinski definition) is 2. The topological polar surface area (TPSA) is 114 Å². The summed E-state index contributed by atoms with van der Waals surface area (Å²) in [5.41, 5.74) is -0.0771. The van der Waals surface area contributed by atoms with Gasteiger partial charge < -0.3 is 19.9 Å². The Balaban J connectivity index is 2.41. The molecule has 1 aliphatic carbocycles. The van der Waals surface area contributed by atoms with Crippen molar-refractivity contribution in [3.05, 3.63) is 16.6 Å². The first-order valence-electron chi connectivity index (χ1n) is 6.15. The van der Waals surface area contributed by atoms with Crippen LogP contribution in [0.4, 0.5) is 0 Å². The fourth-order valence-corrected chi connectivity index (χ4v) is 2.56. The van der Waals surface area contributed by atoms with Crippen LogP contribution in [0.3, 0.4) is 0 Å². The van der Waals surface area contributed by atoms with Gasteiger partial charge in [0.15, 0.2) is 5.79 Å². The van der Waals surface area contributed by atoms with Crippen molar-refractivity contribution in [2.24, 2.45) is 5.18 Å². The Bertz CT molecular complexity index is 486. The second-order valence-electron chi connectivity index (χ2n) is 5.27. The van der Waals surface area contributed by atoms with E-state index >= 15 is 0 Å². The number of hydrogen-bond acceptors (Lipinski definition) is 6. The number of nitroso groups, excluding NO2 is 1. The third-order valence-electron chi connectivity index (χ3n) is 3.25. The molecule has 1 heterocycles. The Morgan fingerprint density at radius 1 is 1.40 bits per heavy atom. The fraction of sp³-hybridized carbons (Fsp3) is 0.667. The molecule has 8 heteroatoms. The lowest BCUT2D eigenvalue weighted by Gasteiger charge is -2.33. The van der Waals surface area contributed by atoms with Gasteiger partial charge in [0, 0.05) is 6.92 Å². The molecule has 2 N–H and O–H groups in total. The van der Waals surface area contributed by atoms with E-state index < -0.39 is 36.0 Å². The van der Waals surface area contributed by atoms with E-state index in [1.807, 2.05) is 0 Å². The molecule has 8 nitrogen and oxygen atoms in total. The molecule has 20 heavy (non-hydrogen) atoms. The number of carboxylic acids is 1. The minimum Gasteiger partial charge on any atom is -0.478 e. The summed E-state index contributed by atoms with van der Waals surface area (Å²) in [5, 5.41) is 14.7. The van der Waals surface area contributed by atoms with E-state index in [0.717, 1.165) is 0 Å². The summed E-state index contributed by atoms with van der Waals surface area (Å²) in [4.78, 5) is 33.4. The van der Waals surface area contributed by atoms with Crippen LogP contribution in [0.1, 0.15) is 20.8 Å². The van der Waals surface area contributed by atoms with E-state index in [-0.39, 0.29) is 11.5 Å². The van der Waals surface area contributed by atoms with Crippen LogP contribution < -0.4 is 5.32 Å². The molecule has 1 unspecified atom stereocenters. The molecule has 1 amide bonds. The number of amides is 1. The molecular weight excluding hydrogens is 268 g/mol. The molecule has 1 aliphatic heterocycles. The lowest BCUT2D eigenvalue weighted by Crippen LogP contribution is -2.56. The molecule has 1 saturated heterocycles. The highest BCUT2D eigenvalue weighted by Gasteiger charge is 2.53. The lowest BCUT2D eigenvalue weighted by molar-refractivity contribution is -0.148. The van der Waals surface area contributed by atoms with Gasteiger partial charge in [-0.15, -0.1) is 0 Å². The number of aliphatic carboxylic acids is 1. The maximum atomic E-state index is 11.3. The molecule has 4 atom stereocenters. The van der Waals surface area contributed by atoms with Gasteiger partial charge in [0.1, 0.15) is 18.2 Å². The van der Waals surface area contributed by atoms with Crippen LogP contribution in [0.25, 0.3) is 0 Å². The summed E-state index contributed by atoms with van der Waals surface area (Å²) in [5.74, 6) is -2.56. The third-order valence-corrected chi connectivity index (χ3v) is 3.25. The van der Waals surface area contributed by atoms with Crippen molar-refractivity contribution in [1.29, 1.82) is 0 Å². The number of carbonyl (C=O) groups is 2. The van der Waals surface area contributed by atoms with E-state index in [4.69, 9.17) is 9.47 Å². The molecule has 0 spiro atoms. The van der Waals surface area contributed by atoms with Crippen molar-refractivity contribution >= 4 is 11.9 Å². The minimum atomic E-state index is -1.20. The van der Waals surface area contributed by atoms with Crippen molar-refractivity contribution in [3.63, 3.8) is 0 Å². The van der Waals surface area contributed by atoms with Crippen molar-refractivity contribution in [2.75, 3.05) is 0 Å². The average Bonchev–Trinajstić information content (AvgIpc) is 2.63. The van der Waals surface area contributed by atoms with Crippen LogP contribution in [0.15, 0.2) is 16.8 Å². The smallest absolute Gasteiger partial charge is 0.334 e. The van der Waals surface area contributed by atoms with Gasteiger partial charge in [-0.2, -0.15) is 4.91 Å². The van der Waals surface area contributed by atoms with Crippen LogP contribution >= 0.6 is 0 Å². The molecule has 0 aromatic rings. The number of rotatable bonds is 3. The molecule has 0 radical (unpaired) electrons. The van der Waals surface area contributed by atoms with Crippen molar-refractivity contribution < 1.29 is 24.2 Å². The maximum absolute atomic E-state index is 11.3. The number of ether oxygens (including phenoxy) is 2. The monoisotopic (exact) mass is 284 g/mol. The molecule has 0 saturated carbocycles. The number of nitrogens with one attached hydrogen (secondary N) is 1. The molecule has 2 aliphatic rings. The third kappa shape index (κ3) is 2.56. The van der Waals surface area contributed by atoms with Gasteiger partial charge in [0.05, 0.1) is 11.6 Å². The van der Waals surface area contributed by atoms with E-state index in [1.165, 1.54) is 13.0 Å². The van der Waals surface area contributed by atoms with Gasteiger partial charge in [0.2, 0.25) is 5.91 Å². The Morgan fingerprint density at radius 2 is 2.05 bits per heavy atom. The summed E-state index contributed by atoms with van der Waals surface area (Å²) >= 11 is 0. The Labute approximate surface area is 115 Å². The second-order valence-corrected chi connectivity index (χ2v) is 5.27. The molecule has 1 fully saturated rings. The lowest BCUT2D eigenvalue weighted by atomic mass is 9.86. The largest absolute Gasteiger partial charge is 0.478 e. The Kier molecular flexibility index (Phi) is 3.61. The molecular formula is C12H16N2O6. The minimum absolute atomic E-state index is 0.0771. The molecule has 0 bridgehead atoms. The zero-order chi connectivity index (χ0) is 15.1. The van der Waals surface area contributed by atoms with E-state index in [9.17, 15) is 19.6 Å². The van der Waals surface area contributed by atoms with Crippen LogP contribution in [0, 0.1) is 4.91 Å². The summed E-state index contributed by atoms with van der Waals surface area (Å²) in [6.07, 6.45) is -0.410. The van der Waals surface area contributed by atoms with Crippen molar-refractivity contribution in [2.45, 2.75) is 50.8 Å². The van der Waals surface area contributed by atoms with Gasteiger partial charge in [0.25, 0.3) is 0 Å². The molecule has 0 aromatic carbocycles. The number of fused-ring (bicyclic) bond motifs is 1. The van der Waals surface area contributed by atoms with Crippen LogP contribution in [0.5, 0.6) is 0 Å².